The van der Waals surface area contributed by atoms with Crippen LogP contribution in [0.5, 0.6) is 0 Å². The fourth-order valence-electron chi connectivity index (χ4n) is 1.59. The maximum Gasteiger partial charge on any atom is 0.0817 e. The Morgan fingerprint density at radius 3 is 2.46 bits per heavy atom. The second kappa shape index (κ2) is 2.43. The Labute approximate surface area is 76.7 Å². The molecule has 0 aromatic heterocycles. The molecule has 0 N–H and O–H groups in total. The second-order valence-electron chi connectivity index (χ2n) is 3.32. The molecular weight excluding hydrogens is 158 g/mol. The van der Waals surface area contributed by atoms with E-state index in [1.807, 2.05) is 0 Å². The molecule has 1 nitrogen and oxygen atoms in total. The van der Waals surface area contributed by atoms with E-state index >= 15 is 0 Å². The van der Waals surface area contributed by atoms with Crippen LogP contribution in [0.2, 0.25) is 0 Å². The third kappa shape index (κ3) is 1.13. The Bertz CT molecular complexity index is 497. The lowest BCUT2D eigenvalue weighted by Gasteiger charge is -1.98. The number of nitrogens with zero attached hydrogens (tertiary/aromatic N) is 1. The molecule has 0 aliphatic carbocycles. The highest BCUT2D eigenvalue weighted by Crippen LogP contribution is 2.18. The minimum absolute atomic E-state index is 0.929. The molecule has 0 fully saturated rings. The zero-order valence-electron chi connectivity index (χ0n) is 7.20. The standard InChI is InChI=1S/C12H9N/c1-2-4-10-7-11(12-8-13-12)6-5-9(10)3-1/h1-7H,8H2. The van der Waals surface area contributed by atoms with Crippen molar-refractivity contribution in [2.45, 2.75) is 0 Å². The zero-order chi connectivity index (χ0) is 8.67. The Kier molecular flexibility index (Phi) is 1.28. The van der Waals surface area contributed by atoms with Crippen molar-refractivity contribution in [2.75, 3.05) is 6.54 Å². The monoisotopic (exact) mass is 167 g/mol. The normalized spacial score (nSPS) is 14.3. The van der Waals surface area contributed by atoms with E-state index in [1.165, 1.54) is 22.0 Å². The van der Waals surface area contributed by atoms with E-state index in [-0.39, 0.29) is 0 Å². The highest BCUT2D eigenvalue weighted by Gasteiger charge is 2.11. The van der Waals surface area contributed by atoms with E-state index in [1.54, 1.807) is 0 Å². The minimum Gasteiger partial charge on any atom is -0.281 e. The largest absolute Gasteiger partial charge is 0.281 e. The molecule has 0 bridgehead atoms. The lowest BCUT2D eigenvalue weighted by molar-refractivity contribution is 1.57. The quantitative estimate of drug-likeness (QED) is 0.619. The summed E-state index contributed by atoms with van der Waals surface area (Å²) < 4.78 is 0. The van der Waals surface area contributed by atoms with Gasteiger partial charge in [0.25, 0.3) is 0 Å². The van der Waals surface area contributed by atoms with Crippen molar-refractivity contribution in [1.29, 1.82) is 0 Å². The molecule has 0 amide bonds. The van der Waals surface area contributed by atoms with Crippen molar-refractivity contribution in [3.8, 4) is 0 Å². The summed E-state index contributed by atoms with van der Waals surface area (Å²) in [6.45, 7) is 0.929. The number of rotatable bonds is 1. The van der Waals surface area contributed by atoms with Crippen molar-refractivity contribution in [1.82, 2.24) is 0 Å². The van der Waals surface area contributed by atoms with Gasteiger partial charge >= 0.3 is 0 Å². The van der Waals surface area contributed by atoms with Gasteiger partial charge in [0, 0.05) is 0 Å². The maximum absolute atomic E-state index is 4.20. The van der Waals surface area contributed by atoms with Gasteiger partial charge in [-0.2, -0.15) is 0 Å². The molecule has 1 heteroatoms. The van der Waals surface area contributed by atoms with Gasteiger partial charge in [-0.1, -0.05) is 36.4 Å². The van der Waals surface area contributed by atoms with E-state index in [9.17, 15) is 0 Å². The first kappa shape index (κ1) is 6.84. The van der Waals surface area contributed by atoms with Crippen molar-refractivity contribution in [3.05, 3.63) is 48.0 Å². The van der Waals surface area contributed by atoms with Crippen LogP contribution >= 0.6 is 0 Å². The molecule has 0 atom stereocenters. The fourth-order valence-corrected chi connectivity index (χ4v) is 1.59. The van der Waals surface area contributed by atoms with Crippen molar-refractivity contribution in [2.24, 2.45) is 4.99 Å². The predicted molar refractivity (Wildman–Crippen MR) is 55.4 cm³/mol. The molecule has 1 aliphatic heterocycles. The topological polar surface area (TPSA) is 12.4 Å². The summed E-state index contributed by atoms with van der Waals surface area (Å²) in [5.41, 5.74) is 2.52. The fraction of sp³-hybridized carbons (Fsp3) is 0.0833. The van der Waals surface area contributed by atoms with Gasteiger partial charge < -0.3 is 0 Å². The van der Waals surface area contributed by atoms with Gasteiger partial charge in [0.15, 0.2) is 0 Å². The third-order valence-corrected chi connectivity index (χ3v) is 2.40. The van der Waals surface area contributed by atoms with Gasteiger partial charge in [-0.3, -0.25) is 4.99 Å². The van der Waals surface area contributed by atoms with Gasteiger partial charge in [0.1, 0.15) is 0 Å². The number of hydrogen-bond acceptors (Lipinski definition) is 1. The van der Waals surface area contributed by atoms with Gasteiger partial charge in [-0.15, -0.1) is 0 Å². The van der Waals surface area contributed by atoms with Crippen LogP contribution in [-0.4, -0.2) is 12.3 Å². The molecule has 62 valence electrons. The number of fused-ring (bicyclic) bond motifs is 1. The molecule has 13 heavy (non-hydrogen) atoms. The van der Waals surface area contributed by atoms with Gasteiger partial charge in [0.2, 0.25) is 0 Å². The van der Waals surface area contributed by atoms with Crippen LogP contribution in [0, 0.1) is 0 Å². The first-order valence-corrected chi connectivity index (χ1v) is 4.46. The summed E-state index contributed by atoms with van der Waals surface area (Å²) in [5.74, 6) is 0. The summed E-state index contributed by atoms with van der Waals surface area (Å²) in [7, 11) is 0. The average molecular weight is 167 g/mol. The summed E-state index contributed by atoms with van der Waals surface area (Å²) >= 11 is 0. The van der Waals surface area contributed by atoms with Gasteiger partial charge in [0.05, 0.1) is 12.3 Å². The summed E-state index contributed by atoms with van der Waals surface area (Å²) in [6.07, 6.45) is 0. The van der Waals surface area contributed by atoms with Crippen molar-refractivity contribution < 1.29 is 0 Å². The molecule has 1 aliphatic rings. The molecule has 0 saturated carbocycles. The minimum atomic E-state index is 0.929. The molecule has 3 rings (SSSR count). The first-order chi connectivity index (χ1) is 6.43. The molecule has 0 radical (unpaired) electrons. The Morgan fingerprint density at radius 2 is 1.69 bits per heavy atom. The lowest BCUT2D eigenvalue weighted by Crippen LogP contribution is -1.86. The Morgan fingerprint density at radius 1 is 0.923 bits per heavy atom. The highest BCUT2D eigenvalue weighted by atomic mass is 14.9. The smallest absolute Gasteiger partial charge is 0.0817 e. The molecule has 0 spiro atoms. The molecule has 2 aromatic rings. The number of aliphatic imine (C=N–C) groups is 1. The molecule has 2 aromatic carbocycles. The van der Waals surface area contributed by atoms with Crippen LogP contribution in [0.3, 0.4) is 0 Å². The summed E-state index contributed by atoms with van der Waals surface area (Å²) in [4.78, 5) is 4.20. The SMILES string of the molecule is c1ccc2cc(C3=NC3)ccc2c1. The average Bonchev–Trinajstić information content (AvgIpc) is 3.00. The predicted octanol–water partition coefficient (Wildman–Crippen LogP) is 2.64. The number of hydrogen-bond donors (Lipinski definition) is 0. The molecule has 1 heterocycles. The van der Waals surface area contributed by atoms with E-state index in [0.29, 0.717) is 0 Å². The molecule has 0 saturated heterocycles. The zero-order valence-corrected chi connectivity index (χ0v) is 7.20. The van der Waals surface area contributed by atoms with Crippen LogP contribution < -0.4 is 0 Å². The van der Waals surface area contributed by atoms with Gasteiger partial charge in [-0.05, 0) is 22.4 Å². The van der Waals surface area contributed by atoms with Gasteiger partial charge in [-0.25, -0.2) is 0 Å². The van der Waals surface area contributed by atoms with Crippen LogP contribution in [0.25, 0.3) is 10.8 Å². The van der Waals surface area contributed by atoms with Crippen molar-refractivity contribution in [3.63, 3.8) is 0 Å². The summed E-state index contributed by atoms with van der Waals surface area (Å²) in [5, 5.41) is 2.60. The molecular formula is C12H9N. The van der Waals surface area contributed by atoms with Crippen LogP contribution in [0.15, 0.2) is 47.5 Å². The third-order valence-electron chi connectivity index (χ3n) is 2.40. The Hall–Kier alpha value is -1.63. The van der Waals surface area contributed by atoms with Crippen LogP contribution in [-0.2, 0) is 0 Å². The maximum atomic E-state index is 4.20. The number of benzene rings is 2. The van der Waals surface area contributed by atoms with E-state index in [4.69, 9.17) is 0 Å². The first-order valence-electron chi connectivity index (χ1n) is 4.46. The summed E-state index contributed by atoms with van der Waals surface area (Å²) in [6, 6.07) is 14.9. The Balaban J connectivity index is 2.26. The van der Waals surface area contributed by atoms with E-state index < -0.39 is 0 Å². The molecule has 0 unspecified atom stereocenters. The van der Waals surface area contributed by atoms with E-state index in [0.717, 1.165) is 6.54 Å². The van der Waals surface area contributed by atoms with Crippen molar-refractivity contribution >= 4 is 16.5 Å². The highest BCUT2D eigenvalue weighted by molar-refractivity contribution is 6.11. The van der Waals surface area contributed by atoms with E-state index in [2.05, 4.69) is 47.5 Å². The second-order valence-corrected chi connectivity index (χ2v) is 3.32. The van der Waals surface area contributed by atoms with Crippen LogP contribution in [0.4, 0.5) is 0 Å². The lowest BCUT2D eigenvalue weighted by atomic mass is 10.1. The van der Waals surface area contributed by atoms with Crippen LogP contribution in [0.1, 0.15) is 5.56 Å².